The number of hydrogen-bond donors (Lipinski definition) is 1. The van der Waals surface area contributed by atoms with Gasteiger partial charge in [-0.2, -0.15) is 0 Å². The topological polar surface area (TPSA) is 27.6 Å². The van der Waals surface area contributed by atoms with Crippen molar-refractivity contribution in [2.24, 2.45) is 0 Å². The Morgan fingerprint density at radius 3 is 2.33 bits per heavy atom. The van der Waals surface area contributed by atoms with Gasteiger partial charge >= 0.3 is 0 Å². The second-order valence-corrected chi connectivity index (χ2v) is 2.95. The van der Waals surface area contributed by atoms with Gasteiger partial charge in [0.2, 0.25) is 0 Å². The highest BCUT2D eigenvalue weighted by Gasteiger charge is 1.95. The van der Waals surface area contributed by atoms with Crippen LogP contribution in [0.25, 0.3) is 0 Å². The van der Waals surface area contributed by atoms with Crippen molar-refractivity contribution in [3.63, 3.8) is 0 Å². The van der Waals surface area contributed by atoms with Gasteiger partial charge in [-0.1, -0.05) is 26.2 Å². The second-order valence-electron chi connectivity index (χ2n) is 2.95. The van der Waals surface area contributed by atoms with Crippen LogP contribution in [-0.2, 0) is 0 Å². The lowest BCUT2D eigenvalue weighted by Gasteiger charge is -1.99. The summed E-state index contributed by atoms with van der Waals surface area (Å²) in [6.07, 6.45) is 6.81. The summed E-state index contributed by atoms with van der Waals surface area (Å²) in [5.74, 6) is 0. The van der Waals surface area contributed by atoms with E-state index in [0.29, 0.717) is 6.04 Å². The Morgan fingerprint density at radius 2 is 1.89 bits per heavy atom. The van der Waals surface area contributed by atoms with E-state index in [2.05, 4.69) is 19.6 Å². The molecule has 3 N–H and O–H groups in total. The fourth-order valence-corrected chi connectivity index (χ4v) is 0.920. The van der Waals surface area contributed by atoms with Crippen LogP contribution >= 0.6 is 0 Å². The molecule has 0 aromatic heterocycles. The summed E-state index contributed by atoms with van der Waals surface area (Å²) in [6, 6.07) is 0.654. The van der Waals surface area contributed by atoms with Crippen LogP contribution in [0.4, 0.5) is 0 Å². The third kappa shape index (κ3) is 7.96. The lowest BCUT2D eigenvalue weighted by molar-refractivity contribution is -0.415. The van der Waals surface area contributed by atoms with E-state index < -0.39 is 0 Å². The van der Waals surface area contributed by atoms with Crippen LogP contribution in [0.5, 0.6) is 0 Å². The molecule has 56 valence electrons. The fourth-order valence-electron chi connectivity index (χ4n) is 0.920. The SMILES string of the molecule is CCCCCCC(C)[NH3+]. The van der Waals surface area contributed by atoms with Crippen LogP contribution in [0.2, 0.25) is 0 Å². The minimum absolute atomic E-state index is 0.654. The molecule has 1 unspecified atom stereocenters. The van der Waals surface area contributed by atoms with E-state index in [1.54, 1.807) is 0 Å². The summed E-state index contributed by atoms with van der Waals surface area (Å²) in [6.45, 7) is 4.43. The third-order valence-electron chi connectivity index (χ3n) is 1.55. The highest BCUT2D eigenvalue weighted by atomic mass is 14.6. The lowest BCUT2D eigenvalue weighted by Crippen LogP contribution is -2.58. The molecule has 0 bridgehead atoms. The predicted octanol–water partition coefficient (Wildman–Crippen LogP) is 1.59. The maximum absolute atomic E-state index is 3.94. The average Bonchev–Trinajstić information content (AvgIpc) is 1.80. The van der Waals surface area contributed by atoms with Gasteiger partial charge in [-0.25, -0.2) is 0 Å². The smallest absolute Gasteiger partial charge is 0.0815 e. The number of unbranched alkanes of at least 4 members (excludes halogenated alkanes) is 3. The Hall–Kier alpha value is -0.0400. The van der Waals surface area contributed by atoms with E-state index in [9.17, 15) is 0 Å². The molecule has 0 rings (SSSR count). The molecule has 0 aromatic rings. The quantitative estimate of drug-likeness (QED) is 0.547. The molecule has 1 atom stereocenters. The van der Waals surface area contributed by atoms with Crippen molar-refractivity contribution in [1.29, 1.82) is 0 Å². The number of rotatable bonds is 5. The molecular weight excluding hydrogens is 110 g/mol. The molecule has 0 aromatic carbocycles. The minimum Gasteiger partial charge on any atom is -0.355 e. The van der Waals surface area contributed by atoms with Crippen molar-refractivity contribution in [3.05, 3.63) is 0 Å². The Labute approximate surface area is 58.6 Å². The van der Waals surface area contributed by atoms with Crippen LogP contribution in [0.15, 0.2) is 0 Å². The Kier molecular flexibility index (Phi) is 6.06. The minimum atomic E-state index is 0.654. The van der Waals surface area contributed by atoms with E-state index in [0.717, 1.165) is 0 Å². The molecule has 0 aliphatic carbocycles. The summed E-state index contributed by atoms with van der Waals surface area (Å²) in [7, 11) is 0. The molecule has 1 heteroatoms. The highest BCUT2D eigenvalue weighted by Crippen LogP contribution is 2.02. The fraction of sp³-hybridized carbons (Fsp3) is 1.00. The summed E-state index contributed by atoms with van der Waals surface area (Å²) < 4.78 is 0. The molecule has 0 heterocycles. The Bertz CT molecular complexity index is 50.5. The van der Waals surface area contributed by atoms with Crippen molar-refractivity contribution in [1.82, 2.24) is 0 Å². The zero-order chi connectivity index (χ0) is 7.11. The van der Waals surface area contributed by atoms with E-state index in [1.165, 1.54) is 32.1 Å². The molecule has 0 saturated carbocycles. The largest absolute Gasteiger partial charge is 0.355 e. The first kappa shape index (κ1) is 8.96. The monoisotopic (exact) mass is 130 g/mol. The van der Waals surface area contributed by atoms with E-state index in [-0.39, 0.29) is 0 Å². The molecule has 9 heavy (non-hydrogen) atoms. The van der Waals surface area contributed by atoms with Crippen LogP contribution in [0.1, 0.15) is 46.0 Å². The predicted molar refractivity (Wildman–Crippen MR) is 41.1 cm³/mol. The maximum Gasteiger partial charge on any atom is 0.0815 e. The van der Waals surface area contributed by atoms with Gasteiger partial charge in [-0.3, -0.25) is 0 Å². The Balaban J connectivity index is 2.75. The van der Waals surface area contributed by atoms with E-state index in [4.69, 9.17) is 0 Å². The molecule has 1 nitrogen and oxygen atoms in total. The molecule has 0 saturated heterocycles. The lowest BCUT2D eigenvalue weighted by atomic mass is 10.1. The van der Waals surface area contributed by atoms with Crippen molar-refractivity contribution < 1.29 is 5.73 Å². The van der Waals surface area contributed by atoms with Crippen molar-refractivity contribution >= 4 is 0 Å². The van der Waals surface area contributed by atoms with Gasteiger partial charge in [0, 0.05) is 0 Å². The summed E-state index contributed by atoms with van der Waals surface area (Å²) in [4.78, 5) is 0. The van der Waals surface area contributed by atoms with Gasteiger partial charge in [0.15, 0.2) is 0 Å². The van der Waals surface area contributed by atoms with Crippen LogP contribution in [0, 0.1) is 0 Å². The van der Waals surface area contributed by atoms with E-state index in [1.807, 2.05) is 0 Å². The van der Waals surface area contributed by atoms with Crippen LogP contribution < -0.4 is 5.73 Å². The van der Waals surface area contributed by atoms with Gasteiger partial charge in [-0.15, -0.1) is 0 Å². The molecule has 0 spiro atoms. The van der Waals surface area contributed by atoms with Crippen LogP contribution in [0.3, 0.4) is 0 Å². The zero-order valence-corrected chi connectivity index (χ0v) is 6.82. The summed E-state index contributed by atoms with van der Waals surface area (Å²) >= 11 is 0. The first-order chi connectivity index (χ1) is 4.27. The zero-order valence-electron chi connectivity index (χ0n) is 6.82. The number of quaternary nitrogens is 1. The second kappa shape index (κ2) is 6.09. The van der Waals surface area contributed by atoms with Crippen molar-refractivity contribution in [2.45, 2.75) is 52.0 Å². The standard InChI is InChI=1S/C8H19N/c1-3-4-5-6-7-8(2)9/h8H,3-7,9H2,1-2H3/p+1. The average molecular weight is 130 g/mol. The Morgan fingerprint density at radius 1 is 1.22 bits per heavy atom. The molecule has 0 fully saturated rings. The van der Waals surface area contributed by atoms with Crippen LogP contribution in [-0.4, -0.2) is 6.04 Å². The van der Waals surface area contributed by atoms with E-state index >= 15 is 0 Å². The van der Waals surface area contributed by atoms with Gasteiger partial charge in [0.1, 0.15) is 0 Å². The first-order valence-corrected chi connectivity index (χ1v) is 4.10. The normalized spacial score (nSPS) is 13.7. The summed E-state index contributed by atoms with van der Waals surface area (Å²) in [5.41, 5.74) is 3.94. The molecule has 0 radical (unpaired) electrons. The van der Waals surface area contributed by atoms with Crippen molar-refractivity contribution in [3.8, 4) is 0 Å². The summed E-state index contributed by atoms with van der Waals surface area (Å²) in [5, 5.41) is 0. The van der Waals surface area contributed by atoms with Gasteiger partial charge in [0.25, 0.3) is 0 Å². The molecule has 0 aliphatic heterocycles. The van der Waals surface area contributed by atoms with Crippen molar-refractivity contribution in [2.75, 3.05) is 0 Å². The third-order valence-corrected chi connectivity index (χ3v) is 1.55. The highest BCUT2D eigenvalue weighted by molar-refractivity contribution is 4.46. The molecule has 0 amide bonds. The van der Waals surface area contributed by atoms with Gasteiger partial charge in [0.05, 0.1) is 6.04 Å². The number of hydrogen-bond acceptors (Lipinski definition) is 0. The molecule has 0 aliphatic rings. The maximum atomic E-state index is 3.94. The first-order valence-electron chi connectivity index (χ1n) is 4.10. The molecular formula is C8H20N+. The van der Waals surface area contributed by atoms with Gasteiger partial charge in [-0.05, 0) is 19.8 Å². The van der Waals surface area contributed by atoms with Gasteiger partial charge < -0.3 is 5.73 Å².